The predicted octanol–water partition coefficient (Wildman–Crippen LogP) is 3.20. The van der Waals surface area contributed by atoms with E-state index in [1.54, 1.807) is 49.6 Å². The van der Waals surface area contributed by atoms with E-state index in [-0.39, 0.29) is 5.56 Å². The van der Waals surface area contributed by atoms with Gasteiger partial charge in [-0.2, -0.15) is 0 Å². The van der Waals surface area contributed by atoms with Crippen molar-refractivity contribution >= 4 is 39.3 Å². The fourth-order valence-corrected chi connectivity index (χ4v) is 2.38. The van der Waals surface area contributed by atoms with Gasteiger partial charge >= 0.3 is 0 Å². The standard InChI is InChI=1S/C17H16BrClN2O4/c1-24-8-9-25-15-7-4-12(18)10-14(15)17(23)21-20-16(22)11-2-5-13(19)6-3-11/h2-7,10H,8-9H2,1H3,(H,20,22)(H,21,23). The van der Waals surface area contributed by atoms with Crippen LogP contribution < -0.4 is 15.6 Å². The Morgan fingerprint density at radius 3 is 2.40 bits per heavy atom. The van der Waals surface area contributed by atoms with Crippen LogP contribution in [0.4, 0.5) is 0 Å². The molecule has 0 spiro atoms. The molecule has 2 aromatic carbocycles. The normalized spacial score (nSPS) is 10.2. The van der Waals surface area contributed by atoms with Crippen molar-refractivity contribution in [3.05, 3.63) is 63.1 Å². The van der Waals surface area contributed by atoms with Crippen molar-refractivity contribution in [2.75, 3.05) is 20.3 Å². The maximum absolute atomic E-state index is 12.4. The molecule has 0 aliphatic carbocycles. The third-order valence-electron chi connectivity index (χ3n) is 3.13. The van der Waals surface area contributed by atoms with Gasteiger partial charge in [0.15, 0.2) is 0 Å². The van der Waals surface area contributed by atoms with Crippen molar-refractivity contribution in [1.82, 2.24) is 10.9 Å². The summed E-state index contributed by atoms with van der Waals surface area (Å²) in [6.45, 7) is 0.694. The molecule has 0 heterocycles. The largest absolute Gasteiger partial charge is 0.490 e. The van der Waals surface area contributed by atoms with Crippen molar-refractivity contribution in [3.63, 3.8) is 0 Å². The SMILES string of the molecule is COCCOc1ccc(Br)cc1C(=O)NNC(=O)c1ccc(Cl)cc1. The van der Waals surface area contributed by atoms with E-state index in [0.717, 1.165) is 0 Å². The highest BCUT2D eigenvalue weighted by atomic mass is 79.9. The Balaban J connectivity index is 2.03. The minimum atomic E-state index is -0.504. The van der Waals surface area contributed by atoms with Crippen LogP contribution in [0.2, 0.25) is 5.02 Å². The van der Waals surface area contributed by atoms with E-state index in [1.807, 2.05) is 0 Å². The molecule has 0 atom stereocenters. The lowest BCUT2D eigenvalue weighted by Crippen LogP contribution is -2.41. The number of halogens is 2. The Labute approximate surface area is 158 Å². The number of hydrazine groups is 1. The van der Waals surface area contributed by atoms with Gasteiger partial charge in [-0.25, -0.2) is 0 Å². The second-order valence-corrected chi connectivity index (χ2v) is 6.25. The number of ether oxygens (including phenoxy) is 2. The number of nitrogens with one attached hydrogen (secondary N) is 2. The van der Waals surface area contributed by atoms with Gasteiger partial charge in [0.1, 0.15) is 12.4 Å². The number of amides is 2. The molecule has 8 heteroatoms. The van der Waals surface area contributed by atoms with Crippen LogP contribution in [0.25, 0.3) is 0 Å². The maximum Gasteiger partial charge on any atom is 0.273 e. The molecule has 2 rings (SSSR count). The molecular formula is C17H16BrClN2O4. The molecule has 2 N–H and O–H groups in total. The minimum absolute atomic E-state index is 0.280. The molecule has 2 amide bonds. The zero-order valence-corrected chi connectivity index (χ0v) is 15.7. The smallest absolute Gasteiger partial charge is 0.273 e. The Morgan fingerprint density at radius 2 is 1.72 bits per heavy atom. The van der Waals surface area contributed by atoms with Crippen LogP contribution in [0, 0.1) is 0 Å². The van der Waals surface area contributed by atoms with E-state index in [9.17, 15) is 9.59 Å². The van der Waals surface area contributed by atoms with Crippen LogP contribution in [-0.2, 0) is 4.74 Å². The van der Waals surface area contributed by atoms with Crippen LogP contribution in [0.15, 0.2) is 46.9 Å². The van der Waals surface area contributed by atoms with Gasteiger partial charge in [-0.15, -0.1) is 0 Å². The number of methoxy groups -OCH3 is 1. The lowest BCUT2D eigenvalue weighted by atomic mass is 10.2. The summed E-state index contributed by atoms with van der Waals surface area (Å²) in [5.41, 5.74) is 5.37. The number of benzene rings is 2. The van der Waals surface area contributed by atoms with E-state index >= 15 is 0 Å². The van der Waals surface area contributed by atoms with Crippen molar-refractivity contribution in [3.8, 4) is 5.75 Å². The number of hydrogen-bond acceptors (Lipinski definition) is 4. The fraction of sp³-hybridized carbons (Fsp3) is 0.176. The molecule has 6 nitrogen and oxygen atoms in total. The monoisotopic (exact) mass is 426 g/mol. The molecule has 2 aromatic rings. The molecule has 0 unspecified atom stereocenters. The highest BCUT2D eigenvalue weighted by Crippen LogP contribution is 2.23. The summed E-state index contributed by atoms with van der Waals surface area (Å²) in [7, 11) is 1.56. The van der Waals surface area contributed by atoms with Crippen LogP contribution in [0.1, 0.15) is 20.7 Å². The van der Waals surface area contributed by atoms with Gasteiger partial charge in [-0.1, -0.05) is 27.5 Å². The highest BCUT2D eigenvalue weighted by Gasteiger charge is 2.15. The summed E-state index contributed by atoms with van der Waals surface area (Å²) in [6.07, 6.45) is 0. The van der Waals surface area contributed by atoms with Gasteiger partial charge in [0.05, 0.1) is 12.2 Å². The third kappa shape index (κ3) is 5.74. The second kappa shape index (κ2) is 9.41. The van der Waals surface area contributed by atoms with Crippen molar-refractivity contribution in [2.45, 2.75) is 0 Å². The summed E-state index contributed by atoms with van der Waals surface area (Å²) < 4.78 is 11.2. The Hall–Kier alpha value is -2.09. The lowest BCUT2D eigenvalue weighted by molar-refractivity contribution is 0.0842. The molecular weight excluding hydrogens is 412 g/mol. The second-order valence-electron chi connectivity index (χ2n) is 4.90. The number of carbonyl (C=O) groups is 2. The van der Waals surface area contributed by atoms with Gasteiger partial charge in [0, 0.05) is 22.2 Å². The average Bonchev–Trinajstić information content (AvgIpc) is 2.61. The van der Waals surface area contributed by atoms with Gasteiger partial charge in [0.25, 0.3) is 11.8 Å². The van der Waals surface area contributed by atoms with Gasteiger partial charge in [-0.3, -0.25) is 20.4 Å². The van der Waals surface area contributed by atoms with E-state index in [0.29, 0.717) is 34.0 Å². The number of hydrogen-bond donors (Lipinski definition) is 2. The zero-order chi connectivity index (χ0) is 18.2. The topological polar surface area (TPSA) is 76.7 Å². The highest BCUT2D eigenvalue weighted by molar-refractivity contribution is 9.10. The van der Waals surface area contributed by atoms with E-state index < -0.39 is 11.8 Å². The van der Waals surface area contributed by atoms with Crippen LogP contribution >= 0.6 is 27.5 Å². The van der Waals surface area contributed by atoms with Gasteiger partial charge in [-0.05, 0) is 42.5 Å². The Bertz CT molecular complexity index is 753. The van der Waals surface area contributed by atoms with Crippen molar-refractivity contribution in [1.29, 1.82) is 0 Å². The van der Waals surface area contributed by atoms with E-state index in [1.165, 1.54) is 0 Å². The molecule has 0 aliphatic heterocycles. The van der Waals surface area contributed by atoms with Crippen LogP contribution in [0.5, 0.6) is 5.75 Å². The maximum atomic E-state index is 12.4. The number of carbonyl (C=O) groups excluding carboxylic acids is 2. The molecule has 0 saturated carbocycles. The predicted molar refractivity (Wildman–Crippen MR) is 97.9 cm³/mol. The molecule has 0 fully saturated rings. The zero-order valence-electron chi connectivity index (χ0n) is 13.3. The first-order valence-electron chi connectivity index (χ1n) is 7.29. The fourth-order valence-electron chi connectivity index (χ4n) is 1.89. The van der Waals surface area contributed by atoms with Crippen molar-refractivity contribution < 1.29 is 19.1 Å². The average molecular weight is 428 g/mol. The summed E-state index contributed by atoms with van der Waals surface area (Å²) in [4.78, 5) is 24.4. The van der Waals surface area contributed by atoms with Gasteiger partial charge < -0.3 is 9.47 Å². The first kappa shape index (κ1) is 19.2. The first-order valence-corrected chi connectivity index (χ1v) is 8.46. The Morgan fingerprint density at radius 1 is 1.04 bits per heavy atom. The van der Waals surface area contributed by atoms with Crippen LogP contribution in [-0.4, -0.2) is 32.1 Å². The summed E-state index contributed by atoms with van der Waals surface area (Å²) >= 11 is 9.09. The lowest BCUT2D eigenvalue weighted by Gasteiger charge is -2.12. The molecule has 25 heavy (non-hydrogen) atoms. The number of rotatable bonds is 6. The first-order chi connectivity index (χ1) is 12.0. The molecule has 0 radical (unpaired) electrons. The minimum Gasteiger partial charge on any atom is -0.490 e. The van der Waals surface area contributed by atoms with Crippen LogP contribution in [0.3, 0.4) is 0 Å². The van der Waals surface area contributed by atoms with Crippen molar-refractivity contribution in [2.24, 2.45) is 0 Å². The molecule has 0 aromatic heterocycles. The van der Waals surface area contributed by atoms with E-state index in [4.69, 9.17) is 21.1 Å². The molecule has 0 aliphatic rings. The summed E-state index contributed by atoms with van der Waals surface area (Å²) in [6, 6.07) is 11.3. The molecule has 132 valence electrons. The third-order valence-corrected chi connectivity index (χ3v) is 3.87. The summed E-state index contributed by atoms with van der Waals surface area (Å²) in [5, 5.41) is 0.521. The quantitative estimate of drug-likeness (QED) is 0.548. The molecule has 0 bridgehead atoms. The molecule has 0 saturated heterocycles. The van der Waals surface area contributed by atoms with E-state index in [2.05, 4.69) is 26.8 Å². The Kier molecular flexibility index (Phi) is 7.24. The summed E-state index contributed by atoms with van der Waals surface area (Å²) in [5.74, 6) is -0.573. The van der Waals surface area contributed by atoms with Gasteiger partial charge in [0.2, 0.25) is 0 Å².